The van der Waals surface area contributed by atoms with Crippen LogP contribution in [0.5, 0.6) is 5.75 Å². The summed E-state index contributed by atoms with van der Waals surface area (Å²) in [6.45, 7) is 3.79. The Kier molecular flexibility index (Phi) is 3.95. The minimum Gasteiger partial charge on any atom is -0.493 e. The average Bonchev–Trinajstić information content (AvgIpc) is 2.88. The first-order valence-electron chi connectivity index (χ1n) is 6.95. The maximum Gasteiger partial charge on any atom is 0.122 e. The van der Waals surface area contributed by atoms with E-state index in [0.717, 1.165) is 29.5 Å². The highest BCUT2D eigenvalue weighted by Gasteiger charge is 2.23. The molecule has 1 aliphatic heterocycles. The van der Waals surface area contributed by atoms with Crippen molar-refractivity contribution in [1.29, 1.82) is 0 Å². The summed E-state index contributed by atoms with van der Waals surface area (Å²) in [7, 11) is 0. The fourth-order valence-electron chi connectivity index (χ4n) is 2.65. The third-order valence-electron chi connectivity index (χ3n) is 3.84. The standard InChI is InChI=1S/C17H18ClNO/c1-12(14-6-2-4-8-16(14)18)19-10-13-11-20-17-9-5-3-7-15(13)17/h2-9,12-13,19H,10-11H2,1H3. The van der Waals surface area contributed by atoms with E-state index in [1.54, 1.807) is 0 Å². The number of benzene rings is 2. The van der Waals surface area contributed by atoms with E-state index in [1.165, 1.54) is 5.56 Å². The molecular weight excluding hydrogens is 270 g/mol. The number of hydrogen-bond acceptors (Lipinski definition) is 2. The molecule has 0 amide bonds. The van der Waals surface area contributed by atoms with Gasteiger partial charge in [0.05, 0.1) is 6.61 Å². The van der Waals surface area contributed by atoms with Crippen molar-refractivity contribution in [1.82, 2.24) is 5.32 Å². The molecule has 20 heavy (non-hydrogen) atoms. The van der Waals surface area contributed by atoms with Crippen molar-refractivity contribution in [3.05, 3.63) is 64.7 Å². The van der Waals surface area contributed by atoms with Crippen molar-refractivity contribution in [2.75, 3.05) is 13.2 Å². The number of rotatable bonds is 4. The molecule has 1 heterocycles. The van der Waals surface area contributed by atoms with Gasteiger partial charge in [-0.3, -0.25) is 0 Å². The van der Waals surface area contributed by atoms with Crippen molar-refractivity contribution in [3.8, 4) is 5.75 Å². The zero-order valence-corrected chi connectivity index (χ0v) is 12.2. The summed E-state index contributed by atoms with van der Waals surface area (Å²) in [5.41, 5.74) is 2.44. The van der Waals surface area contributed by atoms with Gasteiger partial charge in [-0.1, -0.05) is 48.0 Å². The normalized spacial score (nSPS) is 18.4. The molecule has 3 rings (SSSR count). The van der Waals surface area contributed by atoms with E-state index in [1.807, 2.05) is 30.3 Å². The third kappa shape index (κ3) is 2.67. The SMILES string of the molecule is CC(NCC1COc2ccccc21)c1ccccc1Cl. The third-order valence-corrected chi connectivity index (χ3v) is 4.19. The lowest BCUT2D eigenvalue weighted by atomic mass is 10.0. The van der Waals surface area contributed by atoms with E-state index in [0.29, 0.717) is 5.92 Å². The summed E-state index contributed by atoms with van der Waals surface area (Å²) < 4.78 is 5.71. The van der Waals surface area contributed by atoms with E-state index in [4.69, 9.17) is 16.3 Å². The van der Waals surface area contributed by atoms with Crippen molar-refractivity contribution in [2.24, 2.45) is 0 Å². The minimum atomic E-state index is 0.233. The van der Waals surface area contributed by atoms with Gasteiger partial charge in [0, 0.05) is 29.1 Å². The Morgan fingerprint density at radius 2 is 1.95 bits per heavy atom. The van der Waals surface area contributed by atoms with Crippen molar-refractivity contribution >= 4 is 11.6 Å². The fourth-order valence-corrected chi connectivity index (χ4v) is 2.95. The van der Waals surface area contributed by atoms with Crippen LogP contribution in [0.25, 0.3) is 0 Å². The van der Waals surface area contributed by atoms with Crippen LogP contribution in [0.1, 0.15) is 30.0 Å². The molecule has 2 unspecified atom stereocenters. The summed E-state index contributed by atoms with van der Waals surface area (Å²) in [6.07, 6.45) is 0. The Morgan fingerprint density at radius 3 is 2.80 bits per heavy atom. The van der Waals surface area contributed by atoms with Gasteiger partial charge in [0.2, 0.25) is 0 Å². The van der Waals surface area contributed by atoms with Gasteiger partial charge in [-0.25, -0.2) is 0 Å². The number of ether oxygens (including phenoxy) is 1. The zero-order chi connectivity index (χ0) is 13.9. The first-order chi connectivity index (χ1) is 9.75. The summed E-state index contributed by atoms with van der Waals surface area (Å²) in [6, 6.07) is 16.5. The predicted molar refractivity (Wildman–Crippen MR) is 82.5 cm³/mol. The Morgan fingerprint density at radius 1 is 1.20 bits per heavy atom. The lowest BCUT2D eigenvalue weighted by Gasteiger charge is -2.18. The molecule has 2 aromatic carbocycles. The van der Waals surface area contributed by atoms with E-state index in [2.05, 4.69) is 30.4 Å². The molecule has 0 saturated carbocycles. The van der Waals surface area contributed by atoms with Crippen LogP contribution in [-0.2, 0) is 0 Å². The molecule has 0 radical (unpaired) electrons. The van der Waals surface area contributed by atoms with Crippen molar-refractivity contribution in [3.63, 3.8) is 0 Å². The van der Waals surface area contributed by atoms with Gasteiger partial charge >= 0.3 is 0 Å². The first kappa shape index (κ1) is 13.5. The lowest BCUT2D eigenvalue weighted by molar-refractivity contribution is 0.323. The molecule has 0 aliphatic carbocycles. The fraction of sp³-hybridized carbons (Fsp3) is 0.294. The van der Waals surface area contributed by atoms with Crippen LogP contribution < -0.4 is 10.1 Å². The number of fused-ring (bicyclic) bond motifs is 1. The van der Waals surface area contributed by atoms with Crippen LogP contribution in [0.2, 0.25) is 5.02 Å². The highest BCUT2D eigenvalue weighted by atomic mass is 35.5. The molecule has 0 bridgehead atoms. The molecule has 104 valence electrons. The molecular formula is C17H18ClNO. The summed E-state index contributed by atoms with van der Waals surface area (Å²) >= 11 is 6.23. The summed E-state index contributed by atoms with van der Waals surface area (Å²) in [4.78, 5) is 0. The molecule has 3 heteroatoms. The maximum absolute atomic E-state index is 6.23. The van der Waals surface area contributed by atoms with Crippen LogP contribution in [-0.4, -0.2) is 13.2 Å². The Bertz CT molecular complexity index is 599. The number of nitrogens with one attached hydrogen (secondary N) is 1. The zero-order valence-electron chi connectivity index (χ0n) is 11.5. The van der Waals surface area contributed by atoms with Crippen LogP contribution in [0.3, 0.4) is 0 Å². The lowest BCUT2D eigenvalue weighted by Crippen LogP contribution is -2.25. The summed E-state index contributed by atoms with van der Waals surface area (Å²) in [5, 5.41) is 4.37. The number of para-hydroxylation sites is 1. The maximum atomic E-state index is 6.23. The monoisotopic (exact) mass is 287 g/mol. The minimum absolute atomic E-state index is 0.233. The Hall–Kier alpha value is -1.51. The highest BCUT2D eigenvalue weighted by Crippen LogP contribution is 2.33. The number of hydrogen-bond donors (Lipinski definition) is 1. The van der Waals surface area contributed by atoms with Crippen LogP contribution in [0.4, 0.5) is 0 Å². The van der Waals surface area contributed by atoms with Gasteiger partial charge in [-0.2, -0.15) is 0 Å². The molecule has 0 fully saturated rings. The van der Waals surface area contributed by atoms with Gasteiger partial charge in [0.25, 0.3) is 0 Å². The quantitative estimate of drug-likeness (QED) is 0.911. The van der Waals surface area contributed by atoms with Gasteiger partial charge in [0.1, 0.15) is 5.75 Å². The van der Waals surface area contributed by atoms with Crippen LogP contribution in [0, 0.1) is 0 Å². The Balaban J connectivity index is 1.65. The second-order valence-electron chi connectivity index (χ2n) is 5.20. The average molecular weight is 288 g/mol. The Labute approximate surface area is 124 Å². The smallest absolute Gasteiger partial charge is 0.122 e. The van der Waals surface area contributed by atoms with Crippen LogP contribution in [0.15, 0.2) is 48.5 Å². The van der Waals surface area contributed by atoms with Crippen molar-refractivity contribution < 1.29 is 4.74 Å². The molecule has 1 N–H and O–H groups in total. The molecule has 2 atom stereocenters. The molecule has 2 aromatic rings. The largest absolute Gasteiger partial charge is 0.493 e. The second kappa shape index (κ2) is 5.86. The summed E-state index contributed by atoms with van der Waals surface area (Å²) in [5.74, 6) is 1.43. The predicted octanol–water partition coefficient (Wildman–Crippen LogP) is 4.17. The topological polar surface area (TPSA) is 21.3 Å². The molecule has 1 aliphatic rings. The molecule has 0 spiro atoms. The highest BCUT2D eigenvalue weighted by molar-refractivity contribution is 6.31. The van der Waals surface area contributed by atoms with Crippen molar-refractivity contribution in [2.45, 2.75) is 18.9 Å². The molecule has 0 saturated heterocycles. The van der Waals surface area contributed by atoms with E-state index < -0.39 is 0 Å². The number of halogens is 1. The van der Waals surface area contributed by atoms with E-state index in [-0.39, 0.29) is 6.04 Å². The van der Waals surface area contributed by atoms with E-state index in [9.17, 15) is 0 Å². The van der Waals surface area contributed by atoms with Gasteiger partial charge in [0.15, 0.2) is 0 Å². The second-order valence-corrected chi connectivity index (χ2v) is 5.60. The molecule has 2 nitrogen and oxygen atoms in total. The first-order valence-corrected chi connectivity index (χ1v) is 7.33. The van der Waals surface area contributed by atoms with Gasteiger partial charge in [-0.15, -0.1) is 0 Å². The molecule has 0 aromatic heterocycles. The van der Waals surface area contributed by atoms with Crippen LogP contribution >= 0.6 is 11.6 Å². The van der Waals surface area contributed by atoms with Gasteiger partial charge < -0.3 is 10.1 Å². The van der Waals surface area contributed by atoms with E-state index >= 15 is 0 Å². The van der Waals surface area contributed by atoms with Gasteiger partial charge in [-0.05, 0) is 24.6 Å².